The Hall–Kier alpha value is -3.09. The molecule has 116 valence electrons. The number of nitrogens with zero attached hydrogens (tertiary/aromatic N) is 3. The van der Waals surface area contributed by atoms with E-state index in [1.807, 2.05) is 13.8 Å². The van der Waals surface area contributed by atoms with Crippen LogP contribution in [0.3, 0.4) is 0 Å². The highest BCUT2D eigenvalue weighted by atomic mass is 16.7. The molecule has 0 fully saturated rings. The fourth-order valence-electron chi connectivity index (χ4n) is 2.43. The molecule has 7 heteroatoms. The number of fused-ring (bicyclic) bond motifs is 2. The normalized spacial score (nSPS) is 14.9. The van der Waals surface area contributed by atoms with E-state index in [4.69, 9.17) is 9.47 Å². The molecule has 1 aliphatic heterocycles. The first-order chi connectivity index (χ1) is 11.0. The Morgan fingerprint density at radius 1 is 1.26 bits per heavy atom. The number of carbonyl (C=O) groups excluding carboxylic acids is 1. The second kappa shape index (κ2) is 4.70. The molecule has 1 amide bonds. The van der Waals surface area contributed by atoms with Crippen molar-refractivity contribution in [1.82, 2.24) is 14.4 Å². The molecule has 0 saturated heterocycles. The molecule has 0 bridgehead atoms. The maximum absolute atomic E-state index is 12.3. The summed E-state index contributed by atoms with van der Waals surface area (Å²) in [6, 6.07) is 7.03. The van der Waals surface area contributed by atoms with Crippen molar-refractivity contribution in [3.63, 3.8) is 0 Å². The van der Waals surface area contributed by atoms with Gasteiger partial charge in [0.05, 0.1) is 0 Å². The Kier molecular flexibility index (Phi) is 2.77. The van der Waals surface area contributed by atoms with Gasteiger partial charge in [-0.05, 0) is 18.2 Å². The number of benzene rings is 1. The molecule has 0 spiro atoms. The summed E-state index contributed by atoms with van der Waals surface area (Å²) in [5.41, 5.74) is 0.904. The number of ether oxygens (including phenoxy) is 2. The Bertz CT molecular complexity index is 884. The molecule has 1 N–H and O–H groups in total. The van der Waals surface area contributed by atoms with E-state index >= 15 is 0 Å². The van der Waals surface area contributed by atoms with Crippen LogP contribution in [0.25, 0.3) is 5.78 Å². The van der Waals surface area contributed by atoms with Gasteiger partial charge in [-0.1, -0.05) is 0 Å². The standard InChI is InChI=1S/C16H14N4O3/c1-16(2)22-12-5-4-10(8-13(12)23-16)18-14(21)11-9-20-7-3-6-17-15(20)19-11/h3-9H,1-2H3,(H,18,21). The van der Waals surface area contributed by atoms with Crippen LogP contribution in [-0.2, 0) is 0 Å². The SMILES string of the molecule is CC1(C)Oc2ccc(NC(=O)c3cn4cccnc4n3)cc2O1. The lowest BCUT2D eigenvalue weighted by molar-refractivity contribution is -0.0431. The zero-order chi connectivity index (χ0) is 16.0. The van der Waals surface area contributed by atoms with Crippen LogP contribution < -0.4 is 14.8 Å². The molecule has 2 aromatic heterocycles. The number of anilines is 1. The molecule has 1 aromatic carbocycles. The van der Waals surface area contributed by atoms with Gasteiger partial charge < -0.3 is 14.8 Å². The fraction of sp³-hybridized carbons (Fsp3) is 0.188. The third kappa shape index (κ3) is 2.46. The van der Waals surface area contributed by atoms with Crippen LogP contribution in [0.4, 0.5) is 5.69 Å². The maximum atomic E-state index is 12.3. The summed E-state index contributed by atoms with van der Waals surface area (Å²) >= 11 is 0. The number of amides is 1. The quantitative estimate of drug-likeness (QED) is 0.787. The third-order valence-corrected chi connectivity index (χ3v) is 3.38. The minimum absolute atomic E-state index is 0.293. The second-order valence-corrected chi connectivity index (χ2v) is 5.67. The van der Waals surface area contributed by atoms with Crippen LogP contribution in [0.15, 0.2) is 42.9 Å². The van der Waals surface area contributed by atoms with Crippen molar-refractivity contribution in [1.29, 1.82) is 0 Å². The minimum Gasteiger partial charge on any atom is -0.449 e. The lowest BCUT2D eigenvalue weighted by Crippen LogP contribution is -2.29. The van der Waals surface area contributed by atoms with Crippen molar-refractivity contribution in [2.45, 2.75) is 19.6 Å². The minimum atomic E-state index is -0.696. The van der Waals surface area contributed by atoms with Crippen LogP contribution in [-0.4, -0.2) is 26.1 Å². The summed E-state index contributed by atoms with van der Waals surface area (Å²) in [5.74, 6) is 0.728. The van der Waals surface area contributed by atoms with Crippen LogP contribution in [0.1, 0.15) is 24.3 Å². The van der Waals surface area contributed by atoms with Crippen molar-refractivity contribution >= 4 is 17.4 Å². The summed E-state index contributed by atoms with van der Waals surface area (Å²) in [7, 11) is 0. The van der Waals surface area contributed by atoms with Crippen molar-refractivity contribution in [2.75, 3.05) is 5.32 Å². The summed E-state index contributed by atoms with van der Waals surface area (Å²) in [5, 5.41) is 2.80. The zero-order valence-corrected chi connectivity index (χ0v) is 12.6. The summed E-state index contributed by atoms with van der Waals surface area (Å²) in [6.07, 6.45) is 5.05. The molecule has 0 aliphatic carbocycles. The van der Waals surface area contributed by atoms with E-state index in [0.717, 1.165) is 0 Å². The van der Waals surface area contributed by atoms with Crippen molar-refractivity contribution in [2.24, 2.45) is 0 Å². The van der Waals surface area contributed by atoms with Crippen molar-refractivity contribution in [3.05, 3.63) is 48.5 Å². The molecule has 1 aliphatic rings. The lowest BCUT2D eigenvalue weighted by atomic mass is 10.2. The Balaban J connectivity index is 1.57. The maximum Gasteiger partial charge on any atom is 0.275 e. The van der Waals surface area contributed by atoms with Crippen LogP contribution in [0.2, 0.25) is 0 Å². The fourth-order valence-corrected chi connectivity index (χ4v) is 2.43. The van der Waals surface area contributed by atoms with Gasteiger partial charge in [0.15, 0.2) is 11.5 Å². The largest absolute Gasteiger partial charge is 0.449 e. The molecule has 0 radical (unpaired) electrons. The number of hydrogen-bond acceptors (Lipinski definition) is 5. The summed E-state index contributed by atoms with van der Waals surface area (Å²) in [6.45, 7) is 3.66. The van der Waals surface area contributed by atoms with Gasteiger partial charge in [0, 0.05) is 44.2 Å². The molecule has 4 rings (SSSR count). The second-order valence-electron chi connectivity index (χ2n) is 5.67. The van der Waals surface area contributed by atoms with Gasteiger partial charge in [-0.15, -0.1) is 0 Å². The predicted octanol–water partition coefficient (Wildman–Crippen LogP) is 2.49. The number of aromatic nitrogens is 3. The Morgan fingerprint density at radius 3 is 2.91 bits per heavy atom. The van der Waals surface area contributed by atoms with E-state index in [-0.39, 0.29) is 5.91 Å². The van der Waals surface area contributed by atoms with E-state index < -0.39 is 5.79 Å². The summed E-state index contributed by atoms with van der Waals surface area (Å²) < 4.78 is 13.0. The number of carbonyl (C=O) groups is 1. The molecule has 0 saturated carbocycles. The third-order valence-electron chi connectivity index (χ3n) is 3.38. The zero-order valence-electron chi connectivity index (χ0n) is 12.6. The van der Waals surface area contributed by atoms with E-state index in [2.05, 4.69) is 15.3 Å². The van der Waals surface area contributed by atoms with Gasteiger partial charge in [-0.25, -0.2) is 9.97 Å². The molecule has 23 heavy (non-hydrogen) atoms. The first kappa shape index (κ1) is 13.6. The number of rotatable bonds is 2. The molecule has 0 unspecified atom stereocenters. The highest BCUT2D eigenvalue weighted by Gasteiger charge is 2.31. The van der Waals surface area contributed by atoms with Crippen LogP contribution in [0.5, 0.6) is 11.5 Å². The van der Waals surface area contributed by atoms with E-state index in [0.29, 0.717) is 28.7 Å². The Labute approximate surface area is 131 Å². The molecule has 7 nitrogen and oxygen atoms in total. The van der Waals surface area contributed by atoms with Gasteiger partial charge in [0.1, 0.15) is 5.69 Å². The Morgan fingerprint density at radius 2 is 2.09 bits per heavy atom. The monoisotopic (exact) mass is 310 g/mol. The number of imidazole rings is 1. The molecule has 3 aromatic rings. The van der Waals surface area contributed by atoms with Gasteiger partial charge in [0.25, 0.3) is 5.91 Å². The van der Waals surface area contributed by atoms with Gasteiger partial charge in [0.2, 0.25) is 11.6 Å². The summed E-state index contributed by atoms with van der Waals surface area (Å²) in [4.78, 5) is 20.6. The highest BCUT2D eigenvalue weighted by molar-refractivity contribution is 6.03. The van der Waals surface area contributed by atoms with E-state index in [1.165, 1.54) is 0 Å². The first-order valence-corrected chi connectivity index (χ1v) is 7.13. The predicted molar refractivity (Wildman–Crippen MR) is 82.7 cm³/mol. The van der Waals surface area contributed by atoms with Crippen LogP contribution >= 0.6 is 0 Å². The van der Waals surface area contributed by atoms with Crippen molar-refractivity contribution < 1.29 is 14.3 Å². The van der Waals surface area contributed by atoms with Gasteiger partial charge in [-0.3, -0.25) is 9.20 Å². The molecule has 0 atom stereocenters. The lowest BCUT2D eigenvalue weighted by Gasteiger charge is -2.16. The highest BCUT2D eigenvalue weighted by Crippen LogP contribution is 2.40. The van der Waals surface area contributed by atoms with Gasteiger partial charge >= 0.3 is 0 Å². The van der Waals surface area contributed by atoms with Crippen LogP contribution in [0, 0.1) is 0 Å². The first-order valence-electron chi connectivity index (χ1n) is 7.13. The topological polar surface area (TPSA) is 77.8 Å². The smallest absolute Gasteiger partial charge is 0.275 e. The van der Waals surface area contributed by atoms with E-state index in [1.54, 1.807) is 47.3 Å². The number of nitrogens with one attached hydrogen (secondary N) is 1. The molecular weight excluding hydrogens is 296 g/mol. The molecule has 3 heterocycles. The average molecular weight is 310 g/mol. The van der Waals surface area contributed by atoms with Crippen molar-refractivity contribution in [3.8, 4) is 11.5 Å². The van der Waals surface area contributed by atoms with Gasteiger partial charge in [-0.2, -0.15) is 0 Å². The number of hydrogen-bond donors (Lipinski definition) is 1. The van der Waals surface area contributed by atoms with E-state index in [9.17, 15) is 4.79 Å². The molecular formula is C16H14N4O3. The average Bonchev–Trinajstić information content (AvgIpc) is 3.05.